The second kappa shape index (κ2) is 8.00. The molecule has 0 amide bonds. The van der Waals surface area contributed by atoms with Crippen LogP contribution >= 0.6 is 0 Å². The van der Waals surface area contributed by atoms with E-state index in [-0.39, 0.29) is 11.2 Å². The van der Waals surface area contributed by atoms with Gasteiger partial charge in [-0.25, -0.2) is 0 Å². The standard InChI is InChI=1S/C20H29F2N3O2/c1-5-23-19(24-16-15-10-11-26-17(15)20(16,2)3)25(4)12-13-6-8-14(9-7-13)27-18(21)22/h6-9,15-18H,5,10-12H2,1-4H3,(H,23,24). The molecule has 1 saturated carbocycles. The molecule has 0 bridgehead atoms. The summed E-state index contributed by atoms with van der Waals surface area (Å²) in [5, 5.41) is 3.65. The van der Waals surface area contributed by atoms with Crippen LogP contribution in [0.5, 0.6) is 5.75 Å². The van der Waals surface area contributed by atoms with Gasteiger partial charge < -0.3 is 19.7 Å². The van der Waals surface area contributed by atoms with Crippen molar-refractivity contribution in [1.29, 1.82) is 0 Å². The lowest BCUT2D eigenvalue weighted by Gasteiger charge is -2.55. The monoisotopic (exact) mass is 381 g/mol. The summed E-state index contributed by atoms with van der Waals surface area (Å²) in [5.74, 6) is 1.55. The van der Waals surface area contributed by atoms with Gasteiger partial charge in [-0.3, -0.25) is 4.99 Å². The van der Waals surface area contributed by atoms with E-state index in [0.717, 1.165) is 24.6 Å². The first-order chi connectivity index (χ1) is 12.8. The summed E-state index contributed by atoms with van der Waals surface area (Å²) < 4.78 is 34.8. The third kappa shape index (κ3) is 4.18. The highest BCUT2D eigenvalue weighted by Crippen LogP contribution is 2.52. The highest BCUT2D eigenvalue weighted by atomic mass is 19.3. The molecule has 150 valence electrons. The van der Waals surface area contributed by atoms with Crippen molar-refractivity contribution < 1.29 is 18.3 Å². The molecule has 3 atom stereocenters. The van der Waals surface area contributed by atoms with E-state index in [1.165, 1.54) is 0 Å². The second-order valence-corrected chi connectivity index (χ2v) is 7.86. The topological polar surface area (TPSA) is 46.1 Å². The van der Waals surface area contributed by atoms with Crippen molar-refractivity contribution in [3.05, 3.63) is 29.8 Å². The van der Waals surface area contributed by atoms with Crippen molar-refractivity contribution in [1.82, 2.24) is 10.2 Å². The molecule has 1 aliphatic heterocycles. The summed E-state index contributed by atoms with van der Waals surface area (Å²) >= 11 is 0. The van der Waals surface area contributed by atoms with Crippen LogP contribution in [0.3, 0.4) is 0 Å². The lowest BCUT2D eigenvalue weighted by molar-refractivity contribution is -0.107. The van der Waals surface area contributed by atoms with Gasteiger partial charge in [-0.1, -0.05) is 26.0 Å². The molecule has 1 N–H and O–H groups in total. The van der Waals surface area contributed by atoms with Gasteiger partial charge in [-0.05, 0) is 31.0 Å². The average molecular weight is 381 g/mol. The van der Waals surface area contributed by atoms with Crippen LogP contribution in [0.1, 0.15) is 32.8 Å². The maximum absolute atomic E-state index is 12.3. The summed E-state index contributed by atoms with van der Waals surface area (Å²) in [4.78, 5) is 6.71. The zero-order chi connectivity index (χ0) is 19.6. The van der Waals surface area contributed by atoms with Crippen LogP contribution in [0.2, 0.25) is 0 Å². The SMILES string of the molecule is CCN=C(NC1C2CCOC2C1(C)C)N(C)Cc1ccc(OC(F)F)cc1. The molecule has 7 heteroatoms. The van der Waals surface area contributed by atoms with E-state index >= 15 is 0 Å². The predicted octanol–water partition coefficient (Wildman–Crippen LogP) is 3.50. The van der Waals surface area contributed by atoms with Crippen molar-refractivity contribution in [2.75, 3.05) is 20.2 Å². The Morgan fingerprint density at radius 3 is 2.70 bits per heavy atom. The molecule has 5 nitrogen and oxygen atoms in total. The van der Waals surface area contributed by atoms with Crippen molar-refractivity contribution in [2.24, 2.45) is 16.3 Å². The lowest BCUT2D eigenvalue weighted by Crippen LogP contribution is -2.67. The molecular weight excluding hydrogens is 352 g/mol. The predicted molar refractivity (Wildman–Crippen MR) is 101 cm³/mol. The molecular formula is C20H29F2N3O2. The van der Waals surface area contributed by atoms with Crippen molar-refractivity contribution >= 4 is 5.96 Å². The number of hydrogen-bond donors (Lipinski definition) is 1. The van der Waals surface area contributed by atoms with Gasteiger partial charge in [0.1, 0.15) is 5.75 Å². The third-order valence-electron chi connectivity index (χ3n) is 5.62. The van der Waals surface area contributed by atoms with Gasteiger partial charge in [0.05, 0.1) is 6.10 Å². The number of rotatable bonds is 6. The van der Waals surface area contributed by atoms with E-state index in [2.05, 4.69) is 33.8 Å². The average Bonchev–Trinajstić information content (AvgIpc) is 3.06. The summed E-state index contributed by atoms with van der Waals surface area (Å²) in [6, 6.07) is 7.06. The number of alkyl halides is 2. The number of nitrogens with one attached hydrogen (secondary N) is 1. The molecule has 1 aromatic carbocycles. The Labute approximate surface area is 159 Å². The van der Waals surface area contributed by atoms with E-state index in [1.807, 2.05) is 14.0 Å². The highest BCUT2D eigenvalue weighted by molar-refractivity contribution is 5.80. The Balaban J connectivity index is 1.64. The van der Waals surface area contributed by atoms with Crippen LogP contribution in [0, 0.1) is 11.3 Å². The molecule has 2 aliphatic rings. The second-order valence-electron chi connectivity index (χ2n) is 7.86. The molecule has 1 heterocycles. The normalized spacial score (nSPS) is 26.5. The number of hydrogen-bond acceptors (Lipinski definition) is 3. The summed E-state index contributed by atoms with van der Waals surface area (Å²) in [5.41, 5.74) is 1.07. The third-order valence-corrected chi connectivity index (χ3v) is 5.62. The Bertz CT molecular complexity index is 664. The van der Waals surface area contributed by atoms with Crippen LogP contribution in [-0.2, 0) is 11.3 Å². The Kier molecular flexibility index (Phi) is 5.89. The van der Waals surface area contributed by atoms with E-state index in [1.54, 1.807) is 24.3 Å². The Hall–Kier alpha value is -1.89. The van der Waals surface area contributed by atoms with E-state index in [0.29, 0.717) is 31.2 Å². The van der Waals surface area contributed by atoms with Gasteiger partial charge in [0, 0.05) is 44.1 Å². The fourth-order valence-corrected chi connectivity index (χ4v) is 4.31. The van der Waals surface area contributed by atoms with Crippen LogP contribution in [-0.4, -0.2) is 49.8 Å². The van der Waals surface area contributed by atoms with Gasteiger partial charge in [0.25, 0.3) is 0 Å². The Morgan fingerprint density at radius 2 is 2.07 bits per heavy atom. The van der Waals surface area contributed by atoms with Gasteiger partial charge in [0.2, 0.25) is 0 Å². The van der Waals surface area contributed by atoms with E-state index in [4.69, 9.17) is 4.74 Å². The maximum atomic E-state index is 12.3. The first-order valence-corrected chi connectivity index (χ1v) is 9.50. The van der Waals surface area contributed by atoms with Crippen LogP contribution in [0.25, 0.3) is 0 Å². The summed E-state index contributed by atoms with van der Waals surface area (Å²) in [7, 11) is 1.99. The van der Waals surface area contributed by atoms with Gasteiger partial charge >= 0.3 is 6.61 Å². The summed E-state index contributed by atoms with van der Waals surface area (Å²) in [6.07, 6.45) is 1.41. The van der Waals surface area contributed by atoms with Gasteiger partial charge in [-0.2, -0.15) is 8.78 Å². The molecule has 3 rings (SSSR count). The zero-order valence-electron chi connectivity index (χ0n) is 16.4. The number of halogens is 2. The smallest absolute Gasteiger partial charge is 0.387 e. The van der Waals surface area contributed by atoms with Gasteiger partial charge in [0.15, 0.2) is 5.96 Å². The molecule has 2 fully saturated rings. The fourth-order valence-electron chi connectivity index (χ4n) is 4.31. The fraction of sp³-hybridized carbons (Fsp3) is 0.650. The minimum Gasteiger partial charge on any atom is -0.435 e. The number of ether oxygens (including phenoxy) is 2. The van der Waals surface area contributed by atoms with Gasteiger partial charge in [-0.15, -0.1) is 0 Å². The minimum absolute atomic E-state index is 0.0742. The number of guanidine groups is 1. The van der Waals surface area contributed by atoms with Crippen LogP contribution in [0.15, 0.2) is 29.3 Å². The molecule has 1 saturated heterocycles. The molecule has 1 aliphatic carbocycles. The molecule has 1 aromatic rings. The molecule has 3 unspecified atom stereocenters. The maximum Gasteiger partial charge on any atom is 0.387 e. The molecule has 27 heavy (non-hydrogen) atoms. The zero-order valence-corrected chi connectivity index (χ0v) is 16.4. The Morgan fingerprint density at radius 1 is 1.37 bits per heavy atom. The minimum atomic E-state index is -2.81. The quantitative estimate of drug-likeness (QED) is 0.605. The molecule has 0 radical (unpaired) electrons. The van der Waals surface area contributed by atoms with E-state index in [9.17, 15) is 8.78 Å². The van der Waals surface area contributed by atoms with E-state index < -0.39 is 6.61 Å². The first-order valence-electron chi connectivity index (χ1n) is 9.50. The van der Waals surface area contributed by atoms with Crippen LogP contribution < -0.4 is 10.1 Å². The van der Waals surface area contributed by atoms with Crippen molar-refractivity contribution in [3.8, 4) is 5.75 Å². The number of fused-ring (bicyclic) bond motifs is 1. The number of benzene rings is 1. The molecule has 0 aromatic heterocycles. The number of aliphatic imine (C=N–C) groups is 1. The lowest BCUT2D eigenvalue weighted by atomic mass is 9.57. The van der Waals surface area contributed by atoms with Crippen molar-refractivity contribution in [2.45, 2.75) is 52.5 Å². The highest BCUT2D eigenvalue weighted by Gasteiger charge is 2.59. The molecule has 0 spiro atoms. The van der Waals surface area contributed by atoms with Crippen LogP contribution in [0.4, 0.5) is 8.78 Å². The first kappa shape index (κ1) is 19.9. The van der Waals surface area contributed by atoms with Crippen molar-refractivity contribution in [3.63, 3.8) is 0 Å². The largest absolute Gasteiger partial charge is 0.435 e. The summed E-state index contributed by atoms with van der Waals surface area (Å²) in [6.45, 7) is 5.83. The number of nitrogens with zero attached hydrogens (tertiary/aromatic N) is 2.